The molecule has 22 heavy (non-hydrogen) atoms. The van der Waals surface area contributed by atoms with Crippen molar-refractivity contribution in [2.45, 2.75) is 19.4 Å². The number of likely N-dealkylation sites (N-methyl/N-ethyl adjacent to an activating group) is 1. The molecule has 0 aliphatic carbocycles. The Morgan fingerprint density at radius 2 is 1.91 bits per heavy atom. The van der Waals surface area contributed by atoms with Gasteiger partial charge in [-0.05, 0) is 39.2 Å². The lowest BCUT2D eigenvalue weighted by Gasteiger charge is -2.11. The van der Waals surface area contributed by atoms with Gasteiger partial charge in [-0.15, -0.1) is 0 Å². The Hall–Kier alpha value is -1.36. The molecule has 2 heterocycles. The highest BCUT2D eigenvalue weighted by Gasteiger charge is 2.20. The predicted octanol–water partition coefficient (Wildman–Crippen LogP) is 2.45. The molecule has 0 bridgehead atoms. The molecule has 0 radical (unpaired) electrons. The average molecular weight is 319 g/mol. The molecule has 0 amide bonds. The summed E-state index contributed by atoms with van der Waals surface area (Å²) < 4.78 is 2.20. The van der Waals surface area contributed by atoms with Crippen LogP contribution in [-0.4, -0.2) is 48.4 Å². The number of aromatic nitrogens is 2. The van der Waals surface area contributed by atoms with Gasteiger partial charge >= 0.3 is 0 Å². The van der Waals surface area contributed by atoms with Crippen LogP contribution < -0.4 is 5.32 Å². The van der Waals surface area contributed by atoms with Crippen LogP contribution in [-0.2, 0) is 19.4 Å². The molecule has 1 aromatic carbocycles. The summed E-state index contributed by atoms with van der Waals surface area (Å²) >= 11 is 6.02. The first kappa shape index (κ1) is 15.5. The topological polar surface area (TPSA) is 33.1 Å². The van der Waals surface area contributed by atoms with Crippen LogP contribution >= 0.6 is 11.6 Å². The van der Waals surface area contributed by atoms with Gasteiger partial charge in [0.25, 0.3) is 0 Å². The van der Waals surface area contributed by atoms with Crippen molar-refractivity contribution in [2.75, 3.05) is 33.7 Å². The van der Waals surface area contributed by atoms with E-state index >= 15 is 0 Å². The first-order valence-electron chi connectivity index (χ1n) is 7.85. The number of nitrogens with one attached hydrogen (secondary N) is 1. The van der Waals surface area contributed by atoms with E-state index in [1.165, 1.54) is 11.3 Å². The van der Waals surface area contributed by atoms with Crippen molar-refractivity contribution >= 4 is 11.6 Å². The molecule has 0 unspecified atom stereocenters. The Balaban J connectivity index is 2.00. The molecule has 5 heteroatoms. The Labute approximate surface area is 137 Å². The molecule has 0 saturated heterocycles. The zero-order chi connectivity index (χ0) is 15.5. The largest absolute Gasteiger partial charge is 0.316 e. The van der Waals surface area contributed by atoms with Crippen LogP contribution in [0.4, 0.5) is 0 Å². The normalized spacial score (nSPS) is 14.9. The quantitative estimate of drug-likeness (QED) is 0.940. The molecule has 4 nitrogen and oxygen atoms in total. The molecule has 0 atom stereocenters. The standard InChI is InChI=1S/C17H23ClN4/c1-21(2)11-12-22-16-8-10-19-9-7-15(16)17(20-22)13-3-5-14(18)6-4-13/h3-6,19H,7-12H2,1-2H3. The number of hydrogen-bond acceptors (Lipinski definition) is 3. The maximum Gasteiger partial charge on any atom is 0.0958 e. The van der Waals surface area contributed by atoms with E-state index in [0.717, 1.165) is 55.3 Å². The van der Waals surface area contributed by atoms with Gasteiger partial charge in [0, 0.05) is 41.4 Å². The molecule has 0 fully saturated rings. The van der Waals surface area contributed by atoms with Crippen LogP contribution in [0.2, 0.25) is 5.02 Å². The second-order valence-corrected chi connectivity index (χ2v) is 6.49. The van der Waals surface area contributed by atoms with E-state index in [-0.39, 0.29) is 0 Å². The summed E-state index contributed by atoms with van der Waals surface area (Å²) in [6, 6.07) is 8.02. The van der Waals surface area contributed by atoms with Gasteiger partial charge in [-0.1, -0.05) is 23.7 Å². The molecule has 1 N–H and O–H groups in total. The lowest BCUT2D eigenvalue weighted by molar-refractivity contribution is 0.369. The van der Waals surface area contributed by atoms with Crippen molar-refractivity contribution in [3.8, 4) is 11.3 Å². The number of halogens is 1. The number of fused-ring (bicyclic) bond motifs is 1. The summed E-state index contributed by atoms with van der Waals surface area (Å²) in [4.78, 5) is 2.20. The maximum absolute atomic E-state index is 6.02. The third kappa shape index (κ3) is 3.35. The lowest BCUT2D eigenvalue weighted by Crippen LogP contribution is -2.21. The molecule has 1 aliphatic heterocycles. The second kappa shape index (κ2) is 6.82. The zero-order valence-corrected chi connectivity index (χ0v) is 14.0. The van der Waals surface area contributed by atoms with Crippen LogP contribution in [0, 0.1) is 0 Å². The summed E-state index contributed by atoms with van der Waals surface area (Å²) in [5, 5.41) is 9.18. The van der Waals surface area contributed by atoms with E-state index in [9.17, 15) is 0 Å². The van der Waals surface area contributed by atoms with Crippen LogP contribution in [0.15, 0.2) is 24.3 Å². The highest BCUT2D eigenvalue weighted by atomic mass is 35.5. The van der Waals surface area contributed by atoms with E-state index in [1.54, 1.807) is 0 Å². The molecule has 1 aliphatic rings. The van der Waals surface area contributed by atoms with Crippen molar-refractivity contribution in [2.24, 2.45) is 0 Å². The van der Waals surface area contributed by atoms with Crippen molar-refractivity contribution < 1.29 is 0 Å². The maximum atomic E-state index is 6.02. The lowest BCUT2D eigenvalue weighted by atomic mass is 10.0. The fourth-order valence-electron chi connectivity index (χ4n) is 2.94. The van der Waals surface area contributed by atoms with E-state index in [1.807, 2.05) is 12.1 Å². The van der Waals surface area contributed by atoms with Crippen LogP contribution in [0.25, 0.3) is 11.3 Å². The number of nitrogens with zero attached hydrogens (tertiary/aromatic N) is 3. The number of benzene rings is 1. The monoisotopic (exact) mass is 318 g/mol. The van der Waals surface area contributed by atoms with Gasteiger partial charge in [-0.3, -0.25) is 4.68 Å². The first-order valence-corrected chi connectivity index (χ1v) is 8.23. The number of hydrogen-bond donors (Lipinski definition) is 1. The first-order chi connectivity index (χ1) is 10.6. The molecule has 3 rings (SSSR count). The van der Waals surface area contributed by atoms with Crippen molar-refractivity contribution in [1.29, 1.82) is 0 Å². The number of rotatable bonds is 4. The van der Waals surface area contributed by atoms with Gasteiger partial charge in [0.15, 0.2) is 0 Å². The van der Waals surface area contributed by atoms with Crippen molar-refractivity contribution in [3.05, 3.63) is 40.5 Å². The third-order valence-electron chi connectivity index (χ3n) is 4.13. The SMILES string of the molecule is CN(C)CCn1nc(-c2ccc(Cl)cc2)c2c1CCNCC2. The van der Waals surface area contributed by atoms with Crippen molar-refractivity contribution in [1.82, 2.24) is 20.0 Å². The highest BCUT2D eigenvalue weighted by molar-refractivity contribution is 6.30. The minimum absolute atomic E-state index is 0.767. The van der Waals surface area contributed by atoms with Gasteiger partial charge in [0.2, 0.25) is 0 Å². The van der Waals surface area contributed by atoms with Gasteiger partial charge in [-0.2, -0.15) is 5.10 Å². The Kier molecular flexibility index (Phi) is 4.81. The summed E-state index contributed by atoms with van der Waals surface area (Å²) in [5.41, 5.74) is 5.06. The third-order valence-corrected chi connectivity index (χ3v) is 4.39. The van der Waals surface area contributed by atoms with Crippen LogP contribution in [0.5, 0.6) is 0 Å². The van der Waals surface area contributed by atoms with Gasteiger partial charge < -0.3 is 10.2 Å². The minimum atomic E-state index is 0.767. The van der Waals surface area contributed by atoms with Gasteiger partial charge in [-0.25, -0.2) is 0 Å². The van der Waals surface area contributed by atoms with Gasteiger partial charge in [0.1, 0.15) is 0 Å². The smallest absolute Gasteiger partial charge is 0.0958 e. The van der Waals surface area contributed by atoms with E-state index in [2.05, 4.69) is 41.1 Å². The van der Waals surface area contributed by atoms with Crippen molar-refractivity contribution in [3.63, 3.8) is 0 Å². The van der Waals surface area contributed by atoms with Gasteiger partial charge in [0.05, 0.1) is 12.2 Å². The summed E-state index contributed by atoms with van der Waals surface area (Å²) in [5.74, 6) is 0. The van der Waals surface area contributed by atoms with E-state index in [0.29, 0.717) is 0 Å². The fraction of sp³-hybridized carbons (Fsp3) is 0.471. The molecule has 1 aromatic heterocycles. The highest BCUT2D eigenvalue weighted by Crippen LogP contribution is 2.28. The summed E-state index contributed by atoms with van der Waals surface area (Å²) in [7, 11) is 4.20. The summed E-state index contributed by atoms with van der Waals surface area (Å²) in [6.45, 7) is 3.98. The van der Waals surface area contributed by atoms with Crippen LogP contribution in [0.1, 0.15) is 11.3 Å². The Morgan fingerprint density at radius 3 is 2.64 bits per heavy atom. The Bertz CT molecular complexity index is 631. The predicted molar refractivity (Wildman–Crippen MR) is 91.5 cm³/mol. The molecule has 118 valence electrons. The second-order valence-electron chi connectivity index (χ2n) is 6.06. The molecule has 0 spiro atoms. The van der Waals surface area contributed by atoms with Crippen LogP contribution in [0.3, 0.4) is 0 Å². The molecular formula is C17H23ClN4. The molecule has 0 saturated carbocycles. The average Bonchev–Trinajstić information content (AvgIpc) is 2.68. The van der Waals surface area contributed by atoms with E-state index in [4.69, 9.17) is 16.7 Å². The zero-order valence-electron chi connectivity index (χ0n) is 13.3. The fourth-order valence-corrected chi connectivity index (χ4v) is 3.07. The van der Waals surface area contributed by atoms with E-state index < -0.39 is 0 Å². The molecular weight excluding hydrogens is 296 g/mol. The molecule has 2 aromatic rings. The Morgan fingerprint density at radius 1 is 1.18 bits per heavy atom. The minimum Gasteiger partial charge on any atom is -0.316 e. The summed E-state index contributed by atoms with van der Waals surface area (Å²) in [6.07, 6.45) is 2.08.